The van der Waals surface area contributed by atoms with E-state index in [0.717, 1.165) is 5.39 Å². The van der Waals surface area contributed by atoms with Crippen LogP contribution in [0.1, 0.15) is 23.2 Å². The van der Waals surface area contributed by atoms with E-state index in [1.165, 1.54) is 11.0 Å². The first-order valence-corrected chi connectivity index (χ1v) is 7.52. The highest BCUT2D eigenvalue weighted by atomic mass is 19.4. The Bertz CT molecular complexity index is 780. The zero-order valence-electron chi connectivity index (χ0n) is 12.7. The average molecular weight is 339 g/mol. The fraction of sp³-hybridized carbons (Fsp3) is 0.353. The van der Waals surface area contributed by atoms with Crippen LogP contribution in [0.25, 0.3) is 10.8 Å². The monoisotopic (exact) mass is 339 g/mol. The highest BCUT2D eigenvalue weighted by Gasteiger charge is 2.55. The zero-order chi connectivity index (χ0) is 17.5. The number of phenols is 1. The summed E-state index contributed by atoms with van der Waals surface area (Å²) in [5, 5.41) is 21.2. The van der Waals surface area contributed by atoms with Crippen LogP contribution in [0.2, 0.25) is 0 Å². The summed E-state index contributed by atoms with van der Waals surface area (Å²) < 4.78 is 38.5. The highest BCUT2D eigenvalue weighted by Crippen LogP contribution is 2.39. The molecule has 0 bridgehead atoms. The molecule has 0 aromatic heterocycles. The number of piperidine rings is 1. The third-order valence-corrected chi connectivity index (χ3v) is 4.54. The first-order chi connectivity index (χ1) is 11.2. The number of aromatic hydroxyl groups is 1. The van der Waals surface area contributed by atoms with Gasteiger partial charge in [-0.3, -0.25) is 4.79 Å². The molecule has 0 spiro atoms. The Labute approximate surface area is 136 Å². The topological polar surface area (TPSA) is 60.8 Å². The maximum Gasteiger partial charge on any atom is 0.417 e. The molecule has 2 N–H and O–H groups in total. The molecule has 0 aliphatic carbocycles. The molecular formula is C17H16F3NO3. The molecule has 128 valence electrons. The van der Waals surface area contributed by atoms with Crippen molar-refractivity contribution in [2.24, 2.45) is 0 Å². The third-order valence-electron chi connectivity index (χ3n) is 4.54. The molecule has 0 saturated carbocycles. The minimum absolute atomic E-state index is 0.0474. The molecule has 0 atom stereocenters. The fourth-order valence-corrected chi connectivity index (χ4v) is 2.96. The van der Waals surface area contributed by atoms with Crippen LogP contribution in [0, 0.1) is 0 Å². The fourth-order valence-electron chi connectivity index (χ4n) is 2.96. The number of likely N-dealkylation sites (tertiary alicyclic amines) is 1. The van der Waals surface area contributed by atoms with E-state index < -0.39 is 30.5 Å². The molecule has 4 nitrogen and oxygen atoms in total. The van der Waals surface area contributed by atoms with E-state index in [2.05, 4.69) is 0 Å². The van der Waals surface area contributed by atoms with Gasteiger partial charge >= 0.3 is 6.18 Å². The molecule has 1 aliphatic rings. The lowest BCUT2D eigenvalue weighted by Crippen LogP contribution is -2.54. The Morgan fingerprint density at radius 3 is 2.33 bits per heavy atom. The largest absolute Gasteiger partial charge is 0.506 e. The van der Waals surface area contributed by atoms with Crippen molar-refractivity contribution in [2.75, 3.05) is 13.1 Å². The number of rotatable bonds is 1. The molecule has 24 heavy (non-hydrogen) atoms. The maximum atomic E-state index is 12.8. The Balaban J connectivity index is 1.83. The zero-order valence-corrected chi connectivity index (χ0v) is 12.7. The molecule has 1 aliphatic heterocycles. The summed E-state index contributed by atoms with van der Waals surface area (Å²) in [6.07, 6.45) is -5.86. The van der Waals surface area contributed by atoms with Crippen LogP contribution in [0.15, 0.2) is 36.4 Å². The molecule has 0 unspecified atom stereocenters. The number of hydrogen-bond acceptors (Lipinski definition) is 3. The van der Waals surface area contributed by atoms with Crippen LogP contribution in [0.3, 0.4) is 0 Å². The number of carbonyl (C=O) groups excluding carboxylic acids is 1. The predicted molar refractivity (Wildman–Crippen MR) is 81.8 cm³/mol. The van der Waals surface area contributed by atoms with Crippen LogP contribution in [-0.4, -0.2) is 45.9 Å². The summed E-state index contributed by atoms with van der Waals surface area (Å²) >= 11 is 0. The van der Waals surface area contributed by atoms with Gasteiger partial charge in [-0.05, 0) is 11.5 Å². The number of fused-ring (bicyclic) bond motifs is 1. The van der Waals surface area contributed by atoms with Gasteiger partial charge in [-0.2, -0.15) is 13.2 Å². The Hall–Kier alpha value is -2.28. The maximum absolute atomic E-state index is 12.8. The molecule has 2 aromatic rings. The number of alkyl halides is 3. The Morgan fingerprint density at radius 2 is 1.71 bits per heavy atom. The standard InChI is InChI=1S/C17H16F3NO3/c18-17(19,20)16(24)7-9-21(10-8-16)15(23)13-6-5-11-3-1-2-4-12(11)14(13)22/h1-6,22,24H,7-10H2. The van der Waals surface area contributed by atoms with Crippen LogP contribution in [-0.2, 0) is 0 Å². The summed E-state index contributed by atoms with van der Waals surface area (Å²) in [6, 6.07) is 10.1. The van der Waals surface area contributed by atoms with Crippen LogP contribution < -0.4 is 0 Å². The van der Waals surface area contributed by atoms with Gasteiger partial charge in [0, 0.05) is 31.3 Å². The van der Waals surface area contributed by atoms with Crippen molar-refractivity contribution in [1.29, 1.82) is 0 Å². The van der Waals surface area contributed by atoms with Gasteiger partial charge in [0.1, 0.15) is 5.75 Å². The molecule has 3 rings (SSSR count). The van der Waals surface area contributed by atoms with E-state index >= 15 is 0 Å². The molecule has 1 amide bonds. The number of amides is 1. The van der Waals surface area contributed by atoms with Crippen molar-refractivity contribution < 1.29 is 28.2 Å². The Morgan fingerprint density at radius 1 is 1.08 bits per heavy atom. The normalized spacial score (nSPS) is 17.9. The number of phenolic OH excluding ortho intramolecular Hbond substituents is 1. The number of hydrogen-bond donors (Lipinski definition) is 2. The summed E-state index contributed by atoms with van der Waals surface area (Å²) in [7, 11) is 0. The number of benzene rings is 2. The molecule has 1 fully saturated rings. The van der Waals surface area contributed by atoms with E-state index in [0.29, 0.717) is 5.39 Å². The first-order valence-electron chi connectivity index (χ1n) is 7.52. The lowest BCUT2D eigenvalue weighted by atomic mass is 9.90. The van der Waals surface area contributed by atoms with Gasteiger partial charge in [0.15, 0.2) is 5.60 Å². The Kier molecular flexibility index (Phi) is 3.91. The van der Waals surface area contributed by atoms with E-state index in [1.807, 2.05) is 0 Å². The second-order valence-corrected chi connectivity index (χ2v) is 6.00. The van der Waals surface area contributed by atoms with Crippen molar-refractivity contribution in [3.05, 3.63) is 42.0 Å². The highest BCUT2D eigenvalue weighted by molar-refractivity contribution is 6.03. The first kappa shape index (κ1) is 16.6. The number of aliphatic hydroxyl groups is 1. The molecular weight excluding hydrogens is 323 g/mol. The van der Waals surface area contributed by atoms with Crippen LogP contribution in [0.5, 0.6) is 5.75 Å². The molecule has 7 heteroatoms. The van der Waals surface area contributed by atoms with Gasteiger partial charge in [0.05, 0.1) is 5.56 Å². The van der Waals surface area contributed by atoms with E-state index in [9.17, 15) is 28.2 Å². The quantitative estimate of drug-likeness (QED) is 0.839. The molecule has 1 saturated heterocycles. The lowest BCUT2D eigenvalue weighted by Gasteiger charge is -2.39. The second kappa shape index (κ2) is 5.66. The van der Waals surface area contributed by atoms with Crippen molar-refractivity contribution in [3.8, 4) is 5.75 Å². The average Bonchev–Trinajstić information content (AvgIpc) is 2.54. The molecule has 2 aromatic carbocycles. The van der Waals surface area contributed by atoms with Gasteiger partial charge < -0.3 is 15.1 Å². The summed E-state index contributed by atoms with van der Waals surface area (Å²) in [5.41, 5.74) is -2.71. The van der Waals surface area contributed by atoms with E-state index in [4.69, 9.17) is 0 Å². The van der Waals surface area contributed by atoms with Crippen LogP contribution in [0.4, 0.5) is 13.2 Å². The minimum Gasteiger partial charge on any atom is -0.506 e. The van der Waals surface area contributed by atoms with Gasteiger partial charge in [0.25, 0.3) is 5.91 Å². The molecule has 1 heterocycles. The van der Waals surface area contributed by atoms with Crippen molar-refractivity contribution in [3.63, 3.8) is 0 Å². The summed E-state index contributed by atoms with van der Waals surface area (Å²) in [5.74, 6) is -0.725. The smallest absolute Gasteiger partial charge is 0.417 e. The van der Waals surface area contributed by atoms with Gasteiger partial charge in [-0.1, -0.05) is 30.3 Å². The SMILES string of the molecule is O=C(c1ccc2ccccc2c1O)N1CCC(O)(C(F)(F)F)CC1. The van der Waals surface area contributed by atoms with Crippen LogP contribution >= 0.6 is 0 Å². The lowest BCUT2D eigenvalue weighted by molar-refractivity contribution is -0.271. The van der Waals surface area contributed by atoms with E-state index in [1.54, 1.807) is 30.3 Å². The van der Waals surface area contributed by atoms with Gasteiger partial charge in [0.2, 0.25) is 0 Å². The van der Waals surface area contributed by atoms with Gasteiger partial charge in [-0.15, -0.1) is 0 Å². The van der Waals surface area contributed by atoms with Gasteiger partial charge in [-0.25, -0.2) is 0 Å². The van der Waals surface area contributed by atoms with Crippen molar-refractivity contribution in [2.45, 2.75) is 24.6 Å². The van der Waals surface area contributed by atoms with E-state index in [-0.39, 0.29) is 24.4 Å². The summed E-state index contributed by atoms with van der Waals surface area (Å²) in [4.78, 5) is 13.8. The number of carbonyl (C=O) groups is 1. The van der Waals surface area contributed by atoms with Crippen molar-refractivity contribution >= 4 is 16.7 Å². The second-order valence-electron chi connectivity index (χ2n) is 6.00. The summed E-state index contributed by atoms with van der Waals surface area (Å²) in [6.45, 7) is -0.442. The molecule has 0 radical (unpaired) electrons. The number of halogens is 3. The van der Waals surface area contributed by atoms with Crippen molar-refractivity contribution in [1.82, 2.24) is 4.90 Å². The predicted octanol–water partition coefficient (Wildman–Crippen LogP) is 3.07. The number of nitrogens with zero attached hydrogens (tertiary/aromatic N) is 1. The minimum atomic E-state index is -4.72. The third kappa shape index (κ3) is 2.69.